The molecule has 0 fully saturated rings. The summed E-state index contributed by atoms with van der Waals surface area (Å²) in [6.07, 6.45) is 1.76. The highest BCUT2D eigenvalue weighted by Crippen LogP contribution is 2.33. The third-order valence-corrected chi connectivity index (χ3v) is 4.81. The van der Waals surface area contributed by atoms with E-state index in [9.17, 15) is 4.79 Å². The highest BCUT2D eigenvalue weighted by Gasteiger charge is 2.13. The van der Waals surface area contributed by atoms with Gasteiger partial charge in [-0.1, -0.05) is 35.4 Å². The monoisotopic (exact) mass is 439 g/mol. The number of aryl methyl sites for hydroxylation is 1. The second kappa shape index (κ2) is 11.3. The second-order valence-electron chi connectivity index (χ2n) is 6.95. The predicted molar refractivity (Wildman–Crippen MR) is 123 cm³/mol. The van der Waals surface area contributed by atoms with Crippen molar-refractivity contribution in [2.24, 2.45) is 0 Å². The van der Waals surface area contributed by atoms with Gasteiger partial charge in [-0.15, -0.1) is 0 Å². The molecule has 1 amide bonds. The minimum absolute atomic E-state index is 0.151. The van der Waals surface area contributed by atoms with E-state index >= 15 is 0 Å². The summed E-state index contributed by atoms with van der Waals surface area (Å²) in [5.74, 6) is 0.715. The molecule has 2 aromatic carbocycles. The minimum atomic E-state index is -0.261. The smallest absolute Gasteiger partial charge is 0.262 e. The van der Waals surface area contributed by atoms with E-state index in [1.807, 2.05) is 62.4 Å². The molecule has 3 aromatic rings. The van der Waals surface area contributed by atoms with E-state index in [0.29, 0.717) is 36.2 Å². The first kappa shape index (κ1) is 22.6. The number of carbonyl (C=O) groups excluding carboxylic acids is 1. The molecular weight excluding hydrogens is 414 g/mol. The molecule has 6 nitrogen and oxygen atoms in total. The van der Waals surface area contributed by atoms with E-state index in [1.165, 1.54) is 0 Å². The lowest BCUT2D eigenvalue weighted by Crippen LogP contribution is -2.20. The van der Waals surface area contributed by atoms with Gasteiger partial charge in [0, 0.05) is 36.1 Å². The molecule has 0 unspecified atom stereocenters. The SMILES string of the molecule is CCOc1cc(CNCc2ccccn2)c(Cl)cc1OCC(=O)Nc1ccc(C)cc1. The number of amides is 1. The zero-order valence-corrected chi connectivity index (χ0v) is 18.4. The summed E-state index contributed by atoms with van der Waals surface area (Å²) in [6, 6.07) is 16.9. The predicted octanol–water partition coefficient (Wildman–Crippen LogP) is 4.75. The van der Waals surface area contributed by atoms with Crippen molar-refractivity contribution in [1.29, 1.82) is 0 Å². The number of hydrogen-bond acceptors (Lipinski definition) is 5. The fourth-order valence-electron chi connectivity index (χ4n) is 2.90. The maximum Gasteiger partial charge on any atom is 0.262 e. The molecule has 3 rings (SSSR count). The lowest BCUT2D eigenvalue weighted by molar-refractivity contribution is -0.118. The normalized spacial score (nSPS) is 10.5. The number of benzene rings is 2. The van der Waals surface area contributed by atoms with Gasteiger partial charge in [-0.2, -0.15) is 0 Å². The number of halogens is 1. The molecule has 0 aliphatic rings. The number of rotatable bonds is 10. The van der Waals surface area contributed by atoms with E-state index in [4.69, 9.17) is 21.1 Å². The van der Waals surface area contributed by atoms with Gasteiger partial charge >= 0.3 is 0 Å². The summed E-state index contributed by atoms with van der Waals surface area (Å²) in [7, 11) is 0. The number of nitrogens with one attached hydrogen (secondary N) is 2. The highest BCUT2D eigenvalue weighted by atomic mass is 35.5. The lowest BCUT2D eigenvalue weighted by atomic mass is 10.2. The van der Waals surface area contributed by atoms with Crippen LogP contribution in [0.2, 0.25) is 5.02 Å². The average Bonchev–Trinajstić information content (AvgIpc) is 2.77. The van der Waals surface area contributed by atoms with E-state index in [0.717, 1.165) is 22.5 Å². The van der Waals surface area contributed by atoms with Crippen molar-refractivity contribution in [2.45, 2.75) is 26.9 Å². The Kier molecular flexibility index (Phi) is 8.27. The van der Waals surface area contributed by atoms with Crippen molar-refractivity contribution in [2.75, 3.05) is 18.5 Å². The summed E-state index contributed by atoms with van der Waals surface area (Å²) >= 11 is 6.45. The molecule has 2 N–H and O–H groups in total. The Hall–Kier alpha value is -3.09. The van der Waals surface area contributed by atoms with Gasteiger partial charge in [0.05, 0.1) is 12.3 Å². The first-order valence-corrected chi connectivity index (χ1v) is 10.5. The van der Waals surface area contributed by atoms with Crippen molar-refractivity contribution in [3.05, 3.63) is 82.6 Å². The van der Waals surface area contributed by atoms with Gasteiger partial charge in [-0.3, -0.25) is 9.78 Å². The number of carbonyl (C=O) groups is 1. The number of anilines is 1. The van der Waals surface area contributed by atoms with Crippen molar-refractivity contribution >= 4 is 23.2 Å². The molecule has 31 heavy (non-hydrogen) atoms. The molecule has 0 saturated carbocycles. The Balaban J connectivity index is 1.60. The van der Waals surface area contributed by atoms with Crippen LogP contribution in [0.25, 0.3) is 0 Å². The maximum absolute atomic E-state index is 12.2. The zero-order valence-electron chi connectivity index (χ0n) is 17.7. The van der Waals surface area contributed by atoms with E-state index in [-0.39, 0.29) is 12.5 Å². The quantitative estimate of drug-likeness (QED) is 0.477. The molecule has 0 aliphatic carbocycles. The molecule has 0 spiro atoms. The first-order valence-electron chi connectivity index (χ1n) is 10.1. The van der Waals surface area contributed by atoms with Crippen molar-refractivity contribution in [1.82, 2.24) is 10.3 Å². The standard InChI is InChI=1S/C24H26ClN3O3/c1-3-30-22-12-18(14-26-15-20-6-4-5-11-27-20)21(25)13-23(22)31-16-24(29)28-19-9-7-17(2)8-10-19/h4-13,26H,3,14-16H2,1-2H3,(H,28,29). The number of nitrogens with zero attached hydrogens (tertiary/aromatic N) is 1. The van der Waals surface area contributed by atoms with Crippen LogP contribution in [0.5, 0.6) is 11.5 Å². The topological polar surface area (TPSA) is 72.5 Å². The molecule has 0 atom stereocenters. The Bertz CT molecular complexity index is 995. The summed E-state index contributed by atoms with van der Waals surface area (Å²) in [5, 5.41) is 6.66. The molecular formula is C24H26ClN3O3. The second-order valence-corrected chi connectivity index (χ2v) is 7.36. The first-order chi connectivity index (χ1) is 15.0. The third-order valence-electron chi connectivity index (χ3n) is 4.45. The van der Waals surface area contributed by atoms with Crippen LogP contribution in [0.1, 0.15) is 23.7 Å². The minimum Gasteiger partial charge on any atom is -0.490 e. The van der Waals surface area contributed by atoms with Crippen LogP contribution < -0.4 is 20.1 Å². The van der Waals surface area contributed by atoms with E-state index in [2.05, 4.69) is 15.6 Å². The fraction of sp³-hybridized carbons (Fsp3) is 0.250. The van der Waals surface area contributed by atoms with Gasteiger partial charge in [0.1, 0.15) is 0 Å². The van der Waals surface area contributed by atoms with Gasteiger partial charge in [0.15, 0.2) is 18.1 Å². The van der Waals surface area contributed by atoms with Crippen LogP contribution in [0.3, 0.4) is 0 Å². The fourth-order valence-corrected chi connectivity index (χ4v) is 3.12. The summed E-state index contributed by atoms with van der Waals surface area (Å²) in [5.41, 5.74) is 3.66. The van der Waals surface area contributed by atoms with Crippen LogP contribution >= 0.6 is 11.6 Å². The number of hydrogen-bond donors (Lipinski definition) is 2. The van der Waals surface area contributed by atoms with Crippen LogP contribution in [0.15, 0.2) is 60.8 Å². The number of pyridine rings is 1. The Labute approximate surface area is 187 Å². The van der Waals surface area contributed by atoms with Crippen molar-refractivity contribution in [3.8, 4) is 11.5 Å². The zero-order chi connectivity index (χ0) is 22.1. The summed E-state index contributed by atoms with van der Waals surface area (Å²) in [4.78, 5) is 16.5. The highest BCUT2D eigenvalue weighted by molar-refractivity contribution is 6.31. The van der Waals surface area contributed by atoms with Gasteiger partial charge in [0.25, 0.3) is 5.91 Å². The molecule has 1 aromatic heterocycles. The molecule has 0 radical (unpaired) electrons. The van der Waals surface area contributed by atoms with Gasteiger partial charge in [0.2, 0.25) is 0 Å². The van der Waals surface area contributed by atoms with Crippen LogP contribution in [0, 0.1) is 6.92 Å². The lowest BCUT2D eigenvalue weighted by Gasteiger charge is -2.15. The van der Waals surface area contributed by atoms with E-state index < -0.39 is 0 Å². The molecule has 0 bridgehead atoms. The molecule has 162 valence electrons. The largest absolute Gasteiger partial charge is 0.490 e. The van der Waals surface area contributed by atoms with Crippen molar-refractivity contribution < 1.29 is 14.3 Å². The van der Waals surface area contributed by atoms with E-state index in [1.54, 1.807) is 12.3 Å². The summed E-state index contributed by atoms with van der Waals surface area (Å²) in [6.45, 7) is 5.37. The Morgan fingerprint density at radius 2 is 1.81 bits per heavy atom. The van der Waals surface area contributed by atoms with Crippen LogP contribution in [-0.2, 0) is 17.9 Å². The molecule has 7 heteroatoms. The maximum atomic E-state index is 12.2. The molecule has 1 heterocycles. The Morgan fingerprint density at radius 3 is 2.52 bits per heavy atom. The molecule has 0 saturated heterocycles. The molecule has 0 aliphatic heterocycles. The summed E-state index contributed by atoms with van der Waals surface area (Å²) < 4.78 is 11.4. The third kappa shape index (κ3) is 6.98. The van der Waals surface area contributed by atoms with Crippen LogP contribution in [0.4, 0.5) is 5.69 Å². The van der Waals surface area contributed by atoms with Gasteiger partial charge in [-0.05, 0) is 49.7 Å². The Morgan fingerprint density at radius 1 is 1.03 bits per heavy atom. The number of ether oxygens (including phenoxy) is 2. The number of aromatic nitrogens is 1. The van der Waals surface area contributed by atoms with Crippen molar-refractivity contribution in [3.63, 3.8) is 0 Å². The van der Waals surface area contributed by atoms with Gasteiger partial charge < -0.3 is 20.1 Å². The van der Waals surface area contributed by atoms with Crippen LogP contribution in [-0.4, -0.2) is 24.1 Å². The average molecular weight is 440 g/mol. The van der Waals surface area contributed by atoms with Gasteiger partial charge in [-0.25, -0.2) is 0 Å².